The Morgan fingerprint density at radius 3 is 2.30 bits per heavy atom. The Hall–Kier alpha value is -2.24. The minimum Gasteiger partial charge on any atom is -0.481 e. The van der Waals surface area contributed by atoms with E-state index >= 15 is 0 Å². The molecule has 0 aliphatic carbocycles. The third-order valence-electron chi connectivity index (χ3n) is 3.61. The zero-order valence-corrected chi connectivity index (χ0v) is 13.9. The number of nitrogens with zero attached hydrogens (tertiary/aromatic N) is 2. The predicted molar refractivity (Wildman–Crippen MR) is 87.8 cm³/mol. The molecule has 0 saturated carbocycles. The molecule has 1 N–H and O–H groups in total. The van der Waals surface area contributed by atoms with E-state index in [4.69, 9.17) is 9.84 Å². The fraction of sp³-hybridized carbons (Fsp3) is 0.529. The molecule has 23 heavy (non-hydrogen) atoms. The lowest BCUT2D eigenvalue weighted by Crippen LogP contribution is -2.50. The number of carbonyl (C=O) groups is 2. The average Bonchev–Trinajstić information content (AvgIpc) is 2.45. The van der Waals surface area contributed by atoms with Crippen LogP contribution < -0.4 is 4.90 Å². The van der Waals surface area contributed by atoms with Gasteiger partial charge >= 0.3 is 12.1 Å². The van der Waals surface area contributed by atoms with Gasteiger partial charge in [-0.1, -0.05) is 18.2 Å². The molecule has 1 saturated heterocycles. The van der Waals surface area contributed by atoms with Gasteiger partial charge in [-0.2, -0.15) is 0 Å². The zero-order chi connectivity index (χ0) is 17.0. The first-order valence-corrected chi connectivity index (χ1v) is 7.79. The lowest BCUT2D eigenvalue weighted by atomic mass is 10.1. The summed E-state index contributed by atoms with van der Waals surface area (Å²) >= 11 is 0. The largest absolute Gasteiger partial charge is 0.481 e. The molecule has 1 fully saturated rings. The van der Waals surface area contributed by atoms with Crippen molar-refractivity contribution in [3.8, 4) is 0 Å². The number of carboxylic acids is 1. The minimum absolute atomic E-state index is 0.00243. The van der Waals surface area contributed by atoms with Gasteiger partial charge in [-0.15, -0.1) is 0 Å². The molecule has 1 aliphatic rings. The zero-order valence-electron chi connectivity index (χ0n) is 13.9. The van der Waals surface area contributed by atoms with Gasteiger partial charge in [0.15, 0.2) is 0 Å². The van der Waals surface area contributed by atoms with Crippen LogP contribution in [-0.4, -0.2) is 53.8 Å². The first-order chi connectivity index (χ1) is 10.8. The number of carboxylic acid groups (broad SMARTS) is 1. The molecule has 1 aromatic carbocycles. The third kappa shape index (κ3) is 4.87. The fourth-order valence-electron chi connectivity index (χ4n) is 2.59. The van der Waals surface area contributed by atoms with Crippen LogP contribution in [0.1, 0.15) is 26.3 Å². The second-order valence-electron chi connectivity index (χ2n) is 6.65. The number of para-hydroxylation sites is 1. The molecule has 0 unspecified atom stereocenters. The Morgan fingerprint density at radius 2 is 1.74 bits per heavy atom. The summed E-state index contributed by atoms with van der Waals surface area (Å²) in [5, 5.41) is 9.02. The van der Waals surface area contributed by atoms with Crippen LogP contribution in [0.2, 0.25) is 0 Å². The lowest BCUT2D eigenvalue weighted by molar-refractivity contribution is -0.136. The van der Waals surface area contributed by atoms with E-state index in [9.17, 15) is 9.59 Å². The van der Waals surface area contributed by atoms with E-state index in [2.05, 4.69) is 4.90 Å². The fourth-order valence-corrected chi connectivity index (χ4v) is 2.59. The average molecular weight is 320 g/mol. The maximum atomic E-state index is 12.1. The highest BCUT2D eigenvalue weighted by atomic mass is 16.6. The maximum Gasteiger partial charge on any atom is 0.410 e. The van der Waals surface area contributed by atoms with Crippen LogP contribution >= 0.6 is 0 Å². The van der Waals surface area contributed by atoms with Crippen LogP contribution in [0.15, 0.2) is 24.3 Å². The number of piperazine rings is 1. The first kappa shape index (κ1) is 17.1. The van der Waals surface area contributed by atoms with Crippen molar-refractivity contribution >= 4 is 17.7 Å². The molecule has 126 valence electrons. The van der Waals surface area contributed by atoms with Gasteiger partial charge in [-0.05, 0) is 32.4 Å². The Morgan fingerprint density at radius 1 is 1.13 bits per heavy atom. The second-order valence-corrected chi connectivity index (χ2v) is 6.65. The number of carbonyl (C=O) groups excluding carboxylic acids is 1. The minimum atomic E-state index is -0.843. The Balaban J connectivity index is 2.00. The Labute approximate surface area is 136 Å². The summed E-state index contributed by atoms with van der Waals surface area (Å²) in [6, 6.07) is 7.52. The van der Waals surface area contributed by atoms with E-state index in [1.165, 1.54) is 0 Å². The van der Waals surface area contributed by atoms with Crippen molar-refractivity contribution in [2.75, 3.05) is 31.1 Å². The van der Waals surface area contributed by atoms with Gasteiger partial charge < -0.3 is 19.6 Å². The van der Waals surface area contributed by atoms with Crippen molar-refractivity contribution < 1.29 is 19.4 Å². The number of hydrogen-bond donors (Lipinski definition) is 1. The van der Waals surface area contributed by atoms with E-state index in [-0.39, 0.29) is 12.5 Å². The van der Waals surface area contributed by atoms with E-state index in [0.29, 0.717) is 26.2 Å². The van der Waals surface area contributed by atoms with Gasteiger partial charge in [0.25, 0.3) is 0 Å². The number of rotatable bonds is 3. The summed E-state index contributed by atoms with van der Waals surface area (Å²) < 4.78 is 5.39. The van der Waals surface area contributed by atoms with Crippen molar-refractivity contribution in [1.82, 2.24) is 4.90 Å². The quantitative estimate of drug-likeness (QED) is 0.926. The molecule has 0 radical (unpaired) electrons. The van der Waals surface area contributed by atoms with Crippen LogP contribution in [0.3, 0.4) is 0 Å². The molecule has 1 amide bonds. The van der Waals surface area contributed by atoms with E-state index in [0.717, 1.165) is 11.3 Å². The molecule has 1 aromatic rings. The smallest absolute Gasteiger partial charge is 0.410 e. The summed E-state index contributed by atoms with van der Waals surface area (Å²) in [4.78, 5) is 26.9. The standard InChI is InChI=1S/C17H24N2O4/c1-17(2,3)23-16(22)19-10-8-18(9-11-19)14-7-5-4-6-13(14)12-15(20)21/h4-7H,8-12H2,1-3H3,(H,20,21). The number of aliphatic carboxylic acids is 1. The van der Waals surface area contributed by atoms with Crippen molar-refractivity contribution in [2.24, 2.45) is 0 Å². The summed E-state index contributed by atoms with van der Waals surface area (Å²) in [6.07, 6.45) is -0.293. The normalized spacial score (nSPS) is 15.4. The maximum absolute atomic E-state index is 12.1. The van der Waals surface area contributed by atoms with Crippen LogP contribution in [0, 0.1) is 0 Å². The molecule has 1 aliphatic heterocycles. The molecule has 1 heterocycles. The molecule has 0 aromatic heterocycles. The van der Waals surface area contributed by atoms with Crippen LogP contribution in [0.4, 0.5) is 10.5 Å². The van der Waals surface area contributed by atoms with Gasteiger partial charge in [0.2, 0.25) is 0 Å². The van der Waals surface area contributed by atoms with Gasteiger partial charge in [0, 0.05) is 31.9 Å². The molecule has 0 bridgehead atoms. The third-order valence-corrected chi connectivity index (χ3v) is 3.61. The van der Waals surface area contributed by atoms with E-state index in [1.54, 1.807) is 4.90 Å². The summed E-state index contributed by atoms with van der Waals surface area (Å²) in [6.45, 7) is 8.01. The number of anilines is 1. The molecule has 2 rings (SSSR count). The predicted octanol–water partition coefficient (Wildman–Crippen LogP) is 2.37. The van der Waals surface area contributed by atoms with Crippen molar-refractivity contribution in [3.05, 3.63) is 29.8 Å². The highest BCUT2D eigenvalue weighted by Gasteiger charge is 2.26. The van der Waals surface area contributed by atoms with Gasteiger partial charge in [-0.25, -0.2) is 4.79 Å². The van der Waals surface area contributed by atoms with Crippen molar-refractivity contribution in [2.45, 2.75) is 32.8 Å². The van der Waals surface area contributed by atoms with Gasteiger partial charge in [0.05, 0.1) is 6.42 Å². The Bertz CT molecular complexity index is 572. The van der Waals surface area contributed by atoms with E-state index in [1.807, 2.05) is 45.0 Å². The van der Waals surface area contributed by atoms with Crippen molar-refractivity contribution in [1.29, 1.82) is 0 Å². The summed E-state index contributed by atoms with van der Waals surface area (Å²) in [7, 11) is 0. The highest BCUT2D eigenvalue weighted by Crippen LogP contribution is 2.23. The summed E-state index contributed by atoms with van der Waals surface area (Å²) in [5.41, 5.74) is 1.23. The molecule has 0 spiro atoms. The number of amides is 1. The molecular formula is C17H24N2O4. The van der Waals surface area contributed by atoms with Crippen LogP contribution in [0.5, 0.6) is 0 Å². The topological polar surface area (TPSA) is 70.1 Å². The molecular weight excluding hydrogens is 296 g/mol. The Kier molecular flexibility index (Phi) is 5.13. The van der Waals surface area contributed by atoms with Gasteiger partial charge in [0.1, 0.15) is 5.60 Å². The molecule has 6 heteroatoms. The summed E-state index contributed by atoms with van der Waals surface area (Å²) in [5.74, 6) is -0.843. The van der Waals surface area contributed by atoms with Crippen molar-refractivity contribution in [3.63, 3.8) is 0 Å². The van der Waals surface area contributed by atoms with E-state index < -0.39 is 11.6 Å². The van der Waals surface area contributed by atoms with Crippen LogP contribution in [-0.2, 0) is 16.0 Å². The number of ether oxygens (including phenoxy) is 1. The second kappa shape index (κ2) is 6.89. The lowest BCUT2D eigenvalue weighted by Gasteiger charge is -2.37. The number of hydrogen-bond acceptors (Lipinski definition) is 4. The van der Waals surface area contributed by atoms with Gasteiger partial charge in [-0.3, -0.25) is 4.79 Å². The SMILES string of the molecule is CC(C)(C)OC(=O)N1CCN(c2ccccc2CC(=O)O)CC1. The molecule has 6 nitrogen and oxygen atoms in total. The van der Waals surface area contributed by atoms with Crippen LogP contribution in [0.25, 0.3) is 0 Å². The monoisotopic (exact) mass is 320 g/mol. The first-order valence-electron chi connectivity index (χ1n) is 7.79. The number of benzene rings is 1. The highest BCUT2D eigenvalue weighted by molar-refractivity contribution is 5.74. The molecule has 0 atom stereocenters.